The second-order valence-corrected chi connectivity index (χ2v) is 8.01. The largest absolute Gasteiger partial charge is 0.451 e. The number of carbonyl (C=O) groups is 3. The first kappa shape index (κ1) is 21.1. The zero-order chi connectivity index (χ0) is 22.4. The van der Waals surface area contributed by atoms with Crippen LogP contribution in [0.15, 0.2) is 42.5 Å². The molecule has 2 aromatic rings. The lowest BCUT2D eigenvalue weighted by Gasteiger charge is -2.36. The Kier molecular flexibility index (Phi) is 5.11. The summed E-state index contributed by atoms with van der Waals surface area (Å²) in [7, 11) is 0. The first-order valence-corrected chi connectivity index (χ1v) is 9.97. The molecule has 1 saturated carbocycles. The van der Waals surface area contributed by atoms with Crippen molar-refractivity contribution >= 4 is 23.3 Å². The minimum absolute atomic E-state index is 0.0137. The molecule has 1 N–H and O–H groups in total. The molecule has 1 heterocycles. The van der Waals surface area contributed by atoms with E-state index in [1.165, 1.54) is 6.07 Å². The Balaban J connectivity index is 1.47. The molecule has 1 aliphatic carbocycles. The van der Waals surface area contributed by atoms with Crippen molar-refractivity contribution in [1.29, 1.82) is 0 Å². The summed E-state index contributed by atoms with van der Waals surface area (Å²) in [5.41, 5.74) is -0.900. The number of rotatable bonds is 3. The molecule has 1 amide bonds. The van der Waals surface area contributed by atoms with E-state index in [4.69, 9.17) is 4.74 Å². The second kappa shape index (κ2) is 7.51. The summed E-state index contributed by atoms with van der Waals surface area (Å²) in [5, 5.41) is 2.54. The fourth-order valence-corrected chi connectivity index (χ4v) is 4.47. The van der Waals surface area contributed by atoms with Gasteiger partial charge in [-0.05, 0) is 56.9 Å². The predicted octanol–water partition coefficient (Wildman–Crippen LogP) is 5.10. The highest BCUT2D eigenvalue weighted by atomic mass is 19.4. The van der Waals surface area contributed by atoms with Crippen molar-refractivity contribution in [3.8, 4) is 0 Å². The number of hydrogen-bond acceptors (Lipinski definition) is 4. The molecule has 1 spiro atoms. The van der Waals surface area contributed by atoms with Gasteiger partial charge >= 0.3 is 12.1 Å². The van der Waals surface area contributed by atoms with Gasteiger partial charge in [0.25, 0.3) is 0 Å². The van der Waals surface area contributed by atoms with Crippen LogP contribution in [0.4, 0.5) is 18.9 Å². The van der Waals surface area contributed by atoms with Crippen molar-refractivity contribution in [2.24, 2.45) is 5.92 Å². The van der Waals surface area contributed by atoms with Crippen LogP contribution in [-0.4, -0.2) is 17.7 Å². The van der Waals surface area contributed by atoms with Crippen molar-refractivity contribution in [2.75, 3.05) is 5.32 Å². The summed E-state index contributed by atoms with van der Waals surface area (Å²) in [6.45, 7) is 1.06. The van der Waals surface area contributed by atoms with Crippen LogP contribution in [0.25, 0.3) is 0 Å². The van der Waals surface area contributed by atoms with Crippen molar-refractivity contribution in [3.63, 3.8) is 0 Å². The van der Waals surface area contributed by atoms with E-state index in [1.807, 2.05) is 12.1 Å². The average Bonchev–Trinajstić information content (AvgIpc) is 2.99. The van der Waals surface area contributed by atoms with Crippen LogP contribution in [0.3, 0.4) is 0 Å². The summed E-state index contributed by atoms with van der Waals surface area (Å²) < 4.78 is 45.6. The SMILES string of the molecule is CC(=O)c1ccc(NC(=O)C2CCC3(CC2)OC(=O)c2ccccc23)cc1C(F)(F)F. The smallest absolute Gasteiger partial charge is 0.417 e. The molecule has 0 saturated heterocycles. The zero-order valence-corrected chi connectivity index (χ0v) is 16.7. The van der Waals surface area contributed by atoms with E-state index >= 15 is 0 Å². The van der Waals surface area contributed by atoms with E-state index in [2.05, 4.69) is 5.32 Å². The molecular weight excluding hydrogens is 411 g/mol. The number of alkyl halides is 3. The fraction of sp³-hybridized carbons (Fsp3) is 0.348. The minimum Gasteiger partial charge on any atom is -0.451 e. The fourth-order valence-electron chi connectivity index (χ4n) is 4.47. The van der Waals surface area contributed by atoms with Crippen molar-refractivity contribution in [1.82, 2.24) is 0 Å². The molecule has 162 valence electrons. The van der Waals surface area contributed by atoms with Gasteiger partial charge in [-0.15, -0.1) is 0 Å². The van der Waals surface area contributed by atoms with Crippen molar-refractivity contribution in [3.05, 3.63) is 64.7 Å². The van der Waals surface area contributed by atoms with Gasteiger partial charge in [0, 0.05) is 22.7 Å². The van der Waals surface area contributed by atoms with Gasteiger partial charge in [-0.1, -0.05) is 18.2 Å². The number of ether oxygens (including phenoxy) is 1. The van der Waals surface area contributed by atoms with Gasteiger partial charge in [-0.2, -0.15) is 13.2 Å². The molecule has 1 fully saturated rings. The molecule has 0 bridgehead atoms. The summed E-state index contributed by atoms with van der Waals surface area (Å²) in [5.74, 6) is -1.88. The molecule has 1 aliphatic heterocycles. The van der Waals surface area contributed by atoms with E-state index in [1.54, 1.807) is 12.1 Å². The number of halogens is 3. The Hall–Kier alpha value is -3.16. The molecular formula is C23H20F3NO4. The quantitative estimate of drug-likeness (QED) is 0.542. The van der Waals surface area contributed by atoms with Gasteiger partial charge in [0.05, 0.1) is 11.1 Å². The third kappa shape index (κ3) is 3.82. The minimum atomic E-state index is -4.71. The van der Waals surface area contributed by atoms with E-state index in [0.29, 0.717) is 31.2 Å². The number of amides is 1. The molecule has 2 aromatic carbocycles. The van der Waals surface area contributed by atoms with Gasteiger partial charge < -0.3 is 10.1 Å². The lowest BCUT2D eigenvalue weighted by atomic mass is 9.74. The summed E-state index contributed by atoms with van der Waals surface area (Å²) in [6, 6.07) is 10.3. The molecule has 31 heavy (non-hydrogen) atoms. The second-order valence-electron chi connectivity index (χ2n) is 8.01. The number of ketones is 1. The highest BCUT2D eigenvalue weighted by molar-refractivity contribution is 5.98. The third-order valence-corrected chi connectivity index (χ3v) is 6.06. The summed E-state index contributed by atoms with van der Waals surface area (Å²) >= 11 is 0. The van der Waals surface area contributed by atoms with Gasteiger partial charge in [-0.25, -0.2) is 4.79 Å². The molecule has 0 atom stereocenters. The molecule has 5 nitrogen and oxygen atoms in total. The monoisotopic (exact) mass is 431 g/mol. The predicted molar refractivity (Wildman–Crippen MR) is 106 cm³/mol. The number of nitrogens with one attached hydrogen (secondary N) is 1. The molecule has 0 aromatic heterocycles. The van der Waals surface area contributed by atoms with Gasteiger partial charge in [0.1, 0.15) is 5.60 Å². The van der Waals surface area contributed by atoms with Crippen molar-refractivity contribution in [2.45, 2.75) is 44.4 Å². The Labute approximate surface area is 176 Å². The van der Waals surface area contributed by atoms with Crippen LogP contribution in [0, 0.1) is 5.92 Å². The van der Waals surface area contributed by atoms with E-state index in [-0.39, 0.29) is 11.7 Å². The zero-order valence-electron chi connectivity index (χ0n) is 16.7. The Morgan fingerprint density at radius 2 is 1.77 bits per heavy atom. The molecule has 0 unspecified atom stereocenters. The summed E-state index contributed by atoms with van der Waals surface area (Å²) in [4.78, 5) is 36.4. The maximum absolute atomic E-state index is 13.3. The molecule has 2 aliphatic rings. The number of benzene rings is 2. The molecule has 4 rings (SSSR count). The van der Waals surface area contributed by atoms with Crippen LogP contribution in [-0.2, 0) is 21.3 Å². The van der Waals surface area contributed by atoms with Crippen LogP contribution in [0.2, 0.25) is 0 Å². The number of Topliss-reactive ketones (excluding diaryl/α,β-unsaturated/α-hetero) is 1. The highest BCUT2D eigenvalue weighted by Crippen LogP contribution is 2.48. The topological polar surface area (TPSA) is 72.5 Å². The molecule has 8 heteroatoms. The Morgan fingerprint density at radius 1 is 1.10 bits per heavy atom. The highest BCUT2D eigenvalue weighted by Gasteiger charge is 2.48. The first-order valence-electron chi connectivity index (χ1n) is 9.97. The lowest BCUT2D eigenvalue weighted by molar-refractivity contribution is -0.138. The average molecular weight is 431 g/mol. The Bertz CT molecular complexity index is 1070. The first-order chi connectivity index (χ1) is 14.6. The number of carbonyl (C=O) groups excluding carboxylic acids is 3. The van der Waals surface area contributed by atoms with E-state index < -0.39 is 40.5 Å². The summed E-state index contributed by atoms with van der Waals surface area (Å²) in [6.07, 6.45) is -2.91. The van der Waals surface area contributed by atoms with E-state index in [9.17, 15) is 27.6 Å². The van der Waals surface area contributed by atoms with Crippen LogP contribution in [0.5, 0.6) is 0 Å². The normalized spacial score (nSPS) is 22.7. The molecule has 0 radical (unpaired) electrons. The van der Waals surface area contributed by atoms with E-state index in [0.717, 1.165) is 24.6 Å². The van der Waals surface area contributed by atoms with Gasteiger partial charge in [0.15, 0.2) is 5.78 Å². The number of fused-ring (bicyclic) bond motifs is 2. The third-order valence-electron chi connectivity index (χ3n) is 6.06. The number of anilines is 1. The maximum atomic E-state index is 13.3. The maximum Gasteiger partial charge on any atom is 0.417 e. The van der Waals surface area contributed by atoms with Gasteiger partial charge in [0.2, 0.25) is 5.91 Å². The number of esters is 1. The number of hydrogen-bond donors (Lipinski definition) is 1. The van der Waals surface area contributed by atoms with Crippen LogP contribution < -0.4 is 5.32 Å². The standard InChI is InChI=1S/C23H20F3NO4/c1-13(28)16-7-6-15(12-19(16)23(24,25)26)27-20(29)14-8-10-22(11-9-14)18-5-3-2-4-17(18)21(30)31-22/h2-7,12,14H,8-11H2,1H3,(H,27,29). The lowest BCUT2D eigenvalue weighted by Crippen LogP contribution is -2.36. The van der Waals surface area contributed by atoms with Crippen molar-refractivity contribution < 1.29 is 32.3 Å². The Morgan fingerprint density at radius 3 is 2.42 bits per heavy atom. The van der Waals surface area contributed by atoms with Gasteiger partial charge in [-0.3, -0.25) is 9.59 Å². The van der Waals surface area contributed by atoms with Crippen LogP contribution >= 0.6 is 0 Å². The van der Waals surface area contributed by atoms with Crippen LogP contribution in [0.1, 0.15) is 64.4 Å².